The number of nitrogens with zero attached hydrogens (tertiary/aromatic N) is 6. The largest absolute Gasteiger partial charge is 0.382 e. The third-order valence-electron chi connectivity index (χ3n) is 6.15. The van der Waals surface area contributed by atoms with Crippen LogP contribution in [0, 0.1) is 5.82 Å². The van der Waals surface area contributed by atoms with E-state index in [9.17, 15) is 4.39 Å². The van der Waals surface area contributed by atoms with Crippen molar-refractivity contribution in [3.8, 4) is 0 Å². The van der Waals surface area contributed by atoms with E-state index in [2.05, 4.69) is 26.1 Å². The van der Waals surface area contributed by atoms with Crippen LogP contribution in [0.25, 0.3) is 27.6 Å². The summed E-state index contributed by atoms with van der Waals surface area (Å²) in [6, 6.07) is 5.13. The molecule has 4 heterocycles. The number of aryl methyl sites for hydroxylation is 1. The Morgan fingerprint density at radius 2 is 2.03 bits per heavy atom. The highest BCUT2D eigenvalue weighted by Crippen LogP contribution is 2.33. The van der Waals surface area contributed by atoms with Crippen molar-refractivity contribution >= 4 is 45.0 Å². The fourth-order valence-corrected chi connectivity index (χ4v) is 4.67. The van der Waals surface area contributed by atoms with Crippen molar-refractivity contribution < 1.29 is 4.39 Å². The van der Waals surface area contributed by atoms with Crippen LogP contribution in [0.3, 0.4) is 0 Å². The van der Waals surface area contributed by atoms with E-state index in [1.165, 1.54) is 11.6 Å². The molecule has 0 bridgehead atoms. The number of hydrogen-bond acceptors (Lipinski definition) is 5. The Morgan fingerprint density at radius 3 is 2.94 bits per heavy atom. The fraction of sp³-hybridized carbons (Fsp3) is 0.217. The third-order valence-corrected chi connectivity index (χ3v) is 6.45. The molecule has 1 atom stereocenters. The average molecular weight is 448 g/mol. The second kappa shape index (κ2) is 7.27. The number of anilines is 1. The van der Waals surface area contributed by atoms with Gasteiger partial charge in [-0.2, -0.15) is 5.10 Å². The standard InChI is InChI=1S/C23H19ClFN7/c24-18-10-16-19(25)8-14(9-20(16)30-21(18)26)2-1-13-3-4-15(7-13)32-23-17(11-29-32)22-27-5-6-31(22)12-28-23/h5-12,15H,1-4H2,(H2,26,30). The lowest BCUT2D eigenvalue weighted by Crippen LogP contribution is -2.06. The molecule has 0 amide bonds. The van der Waals surface area contributed by atoms with Crippen molar-refractivity contribution in [2.45, 2.75) is 31.7 Å². The van der Waals surface area contributed by atoms with E-state index in [-0.39, 0.29) is 22.7 Å². The van der Waals surface area contributed by atoms with Crippen LogP contribution in [0.4, 0.5) is 10.2 Å². The van der Waals surface area contributed by atoms with Gasteiger partial charge >= 0.3 is 0 Å². The molecule has 1 aromatic carbocycles. The maximum atomic E-state index is 14.6. The van der Waals surface area contributed by atoms with Crippen molar-refractivity contribution in [2.24, 2.45) is 0 Å². The van der Waals surface area contributed by atoms with Gasteiger partial charge in [-0.05, 0) is 49.4 Å². The highest BCUT2D eigenvalue weighted by Gasteiger charge is 2.21. The van der Waals surface area contributed by atoms with E-state index < -0.39 is 0 Å². The van der Waals surface area contributed by atoms with Crippen molar-refractivity contribution in [3.05, 3.63) is 71.2 Å². The van der Waals surface area contributed by atoms with Gasteiger partial charge in [0.05, 0.1) is 28.2 Å². The summed E-state index contributed by atoms with van der Waals surface area (Å²) in [7, 11) is 0. The average Bonchev–Trinajstić information content (AvgIpc) is 3.51. The SMILES string of the molecule is Nc1nc2cc(CCC3=CC(n4ncc5c4ncn4ccnc54)CC3)cc(F)c2cc1Cl. The molecule has 1 aliphatic rings. The summed E-state index contributed by atoms with van der Waals surface area (Å²) in [5.41, 5.74) is 10.2. The van der Waals surface area contributed by atoms with Gasteiger partial charge in [-0.3, -0.25) is 4.40 Å². The summed E-state index contributed by atoms with van der Waals surface area (Å²) in [6.07, 6.45) is 13.0. The molecule has 7 nitrogen and oxygen atoms in total. The number of nitrogens with two attached hydrogens (primary N) is 1. The molecule has 0 aliphatic heterocycles. The second-order valence-electron chi connectivity index (χ2n) is 8.16. The van der Waals surface area contributed by atoms with Gasteiger partial charge in [0.25, 0.3) is 0 Å². The van der Waals surface area contributed by atoms with Crippen LogP contribution < -0.4 is 5.73 Å². The molecular weight excluding hydrogens is 429 g/mol. The van der Waals surface area contributed by atoms with E-state index in [1.807, 2.05) is 27.5 Å². The maximum absolute atomic E-state index is 14.6. The molecule has 0 radical (unpaired) electrons. The number of hydrogen-bond donors (Lipinski definition) is 1. The molecule has 0 saturated heterocycles. The van der Waals surface area contributed by atoms with E-state index in [0.29, 0.717) is 10.9 Å². The minimum atomic E-state index is -0.329. The third kappa shape index (κ3) is 3.10. The zero-order chi connectivity index (χ0) is 21.8. The molecular formula is C23H19ClFN7. The Hall–Kier alpha value is -3.52. The number of fused-ring (bicyclic) bond motifs is 4. The van der Waals surface area contributed by atoms with E-state index in [1.54, 1.807) is 18.6 Å². The van der Waals surface area contributed by atoms with Gasteiger partial charge in [0.2, 0.25) is 0 Å². The van der Waals surface area contributed by atoms with Crippen molar-refractivity contribution in [1.82, 2.24) is 29.1 Å². The Bertz CT molecular complexity index is 1530. The first-order valence-corrected chi connectivity index (χ1v) is 10.8. The zero-order valence-corrected chi connectivity index (χ0v) is 17.8. The van der Waals surface area contributed by atoms with Crippen LogP contribution >= 0.6 is 11.6 Å². The first-order valence-electron chi connectivity index (χ1n) is 10.5. The Balaban J connectivity index is 1.24. The lowest BCUT2D eigenvalue weighted by molar-refractivity contribution is 0.541. The predicted molar refractivity (Wildman–Crippen MR) is 122 cm³/mol. The highest BCUT2D eigenvalue weighted by molar-refractivity contribution is 6.33. The summed E-state index contributed by atoms with van der Waals surface area (Å²) >= 11 is 5.98. The molecule has 9 heteroatoms. The van der Waals surface area contributed by atoms with Crippen LogP contribution in [-0.4, -0.2) is 29.1 Å². The molecule has 1 unspecified atom stereocenters. The van der Waals surface area contributed by atoms with Crippen molar-refractivity contribution in [3.63, 3.8) is 0 Å². The minimum absolute atomic E-state index is 0.157. The molecule has 0 saturated carbocycles. The first kappa shape index (κ1) is 19.2. The number of allylic oxidation sites excluding steroid dienone is 2. The van der Waals surface area contributed by atoms with Crippen LogP contribution in [0.2, 0.25) is 5.02 Å². The molecule has 160 valence electrons. The van der Waals surface area contributed by atoms with Gasteiger partial charge in [-0.1, -0.05) is 23.3 Å². The quantitative estimate of drug-likeness (QED) is 0.396. The van der Waals surface area contributed by atoms with E-state index in [0.717, 1.165) is 47.9 Å². The fourth-order valence-electron chi connectivity index (χ4n) is 4.52. The number of benzene rings is 1. The topological polar surface area (TPSA) is 86.9 Å². The number of rotatable bonds is 4. The van der Waals surface area contributed by atoms with Gasteiger partial charge in [0, 0.05) is 17.8 Å². The Morgan fingerprint density at radius 1 is 1.12 bits per heavy atom. The molecule has 0 fully saturated rings. The summed E-state index contributed by atoms with van der Waals surface area (Å²) in [4.78, 5) is 13.2. The number of nitrogen functional groups attached to an aromatic ring is 1. The Labute approximate surface area is 187 Å². The van der Waals surface area contributed by atoms with Crippen molar-refractivity contribution in [2.75, 3.05) is 5.73 Å². The van der Waals surface area contributed by atoms with Crippen LogP contribution in [0.5, 0.6) is 0 Å². The number of imidazole rings is 1. The lowest BCUT2D eigenvalue weighted by atomic mass is 10.0. The van der Waals surface area contributed by atoms with Crippen LogP contribution in [0.15, 0.2) is 54.8 Å². The molecule has 32 heavy (non-hydrogen) atoms. The first-order chi connectivity index (χ1) is 15.6. The lowest BCUT2D eigenvalue weighted by Gasteiger charge is -2.08. The number of aromatic nitrogens is 6. The molecule has 4 aromatic heterocycles. The van der Waals surface area contributed by atoms with Gasteiger partial charge in [-0.15, -0.1) is 0 Å². The summed E-state index contributed by atoms with van der Waals surface area (Å²) in [5.74, 6) is -0.116. The smallest absolute Gasteiger partial charge is 0.163 e. The normalized spacial score (nSPS) is 16.4. The maximum Gasteiger partial charge on any atom is 0.163 e. The minimum Gasteiger partial charge on any atom is -0.382 e. The molecule has 0 spiro atoms. The number of pyridine rings is 1. The van der Waals surface area contributed by atoms with Gasteiger partial charge in [-0.25, -0.2) is 24.0 Å². The van der Waals surface area contributed by atoms with E-state index in [4.69, 9.17) is 17.3 Å². The molecule has 6 rings (SSSR count). The summed E-state index contributed by atoms with van der Waals surface area (Å²) in [5, 5.41) is 6.19. The Kier molecular flexibility index (Phi) is 4.36. The zero-order valence-electron chi connectivity index (χ0n) is 17.0. The van der Waals surface area contributed by atoms with Crippen LogP contribution in [0.1, 0.15) is 30.9 Å². The van der Waals surface area contributed by atoms with E-state index >= 15 is 0 Å². The van der Waals surface area contributed by atoms with Crippen molar-refractivity contribution in [1.29, 1.82) is 0 Å². The summed E-state index contributed by atoms with van der Waals surface area (Å²) in [6.45, 7) is 0. The number of halogens is 2. The summed E-state index contributed by atoms with van der Waals surface area (Å²) < 4.78 is 18.4. The monoisotopic (exact) mass is 447 g/mol. The molecule has 2 N–H and O–H groups in total. The van der Waals surface area contributed by atoms with Crippen LogP contribution in [-0.2, 0) is 6.42 Å². The highest BCUT2D eigenvalue weighted by atomic mass is 35.5. The second-order valence-corrected chi connectivity index (χ2v) is 8.57. The predicted octanol–water partition coefficient (Wildman–Crippen LogP) is 4.90. The molecule has 1 aliphatic carbocycles. The van der Waals surface area contributed by atoms with Gasteiger partial charge in [0.15, 0.2) is 11.3 Å². The van der Waals surface area contributed by atoms with Gasteiger partial charge < -0.3 is 5.73 Å². The molecule has 5 aromatic rings. The van der Waals surface area contributed by atoms with Gasteiger partial charge in [0.1, 0.15) is 18.0 Å².